The van der Waals surface area contributed by atoms with E-state index >= 15 is 0 Å². The third-order valence-corrected chi connectivity index (χ3v) is 3.79. The predicted octanol–water partition coefficient (Wildman–Crippen LogP) is 3.54. The van der Waals surface area contributed by atoms with Crippen LogP contribution in [-0.4, -0.2) is 23.1 Å². The molecule has 1 aliphatic rings. The largest absolute Gasteiger partial charge is 0.367 e. The monoisotopic (exact) mass is 262 g/mol. The standard InChI is InChI=1S/C15H26N4/c1-14(2)8-11(9-15(3,4)10-14)18-12-6-7-17-13(16-5)19-12/h6-7,11H,8-10H2,1-5H3,(H2,16,17,18,19). The molecule has 1 aliphatic carbocycles. The Morgan fingerprint density at radius 3 is 2.37 bits per heavy atom. The highest BCUT2D eigenvalue weighted by molar-refractivity contribution is 5.40. The van der Waals surface area contributed by atoms with Gasteiger partial charge < -0.3 is 10.6 Å². The van der Waals surface area contributed by atoms with Gasteiger partial charge in [0.15, 0.2) is 0 Å². The molecular weight excluding hydrogens is 236 g/mol. The summed E-state index contributed by atoms with van der Waals surface area (Å²) in [5, 5.41) is 6.55. The third-order valence-electron chi connectivity index (χ3n) is 3.79. The van der Waals surface area contributed by atoms with Crippen molar-refractivity contribution < 1.29 is 0 Å². The molecule has 0 spiro atoms. The van der Waals surface area contributed by atoms with Gasteiger partial charge in [0, 0.05) is 19.3 Å². The molecule has 1 aromatic rings. The molecule has 2 rings (SSSR count). The lowest BCUT2D eigenvalue weighted by molar-refractivity contribution is 0.105. The van der Waals surface area contributed by atoms with Gasteiger partial charge in [-0.05, 0) is 36.2 Å². The average molecular weight is 262 g/mol. The topological polar surface area (TPSA) is 49.8 Å². The molecule has 1 aromatic heterocycles. The lowest BCUT2D eigenvalue weighted by Gasteiger charge is -2.45. The zero-order chi connectivity index (χ0) is 14.1. The Labute approximate surface area is 116 Å². The molecule has 19 heavy (non-hydrogen) atoms. The molecule has 2 N–H and O–H groups in total. The molecule has 0 atom stereocenters. The van der Waals surface area contributed by atoms with Gasteiger partial charge in [-0.3, -0.25) is 0 Å². The van der Waals surface area contributed by atoms with Crippen molar-refractivity contribution in [3.05, 3.63) is 12.3 Å². The molecule has 0 bridgehead atoms. The van der Waals surface area contributed by atoms with Crippen LogP contribution in [0.5, 0.6) is 0 Å². The van der Waals surface area contributed by atoms with Crippen LogP contribution in [0.2, 0.25) is 0 Å². The second-order valence-corrected chi connectivity index (χ2v) is 7.27. The van der Waals surface area contributed by atoms with E-state index in [0.717, 1.165) is 5.82 Å². The molecule has 0 saturated heterocycles. The fourth-order valence-corrected chi connectivity index (χ4v) is 3.72. The zero-order valence-corrected chi connectivity index (χ0v) is 12.7. The minimum atomic E-state index is 0.387. The maximum atomic E-state index is 4.45. The molecular formula is C15H26N4. The van der Waals surface area contributed by atoms with Gasteiger partial charge in [0.1, 0.15) is 5.82 Å². The van der Waals surface area contributed by atoms with Crippen molar-refractivity contribution in [2.24, 2.45) is 10.8 Å². The molecule has 0 radical (unpaired) electrons. The minimum Gasteiger partial charge on any atom is -0.367 e. The molecule has 1 heterocycles. The first-order valence-electron chi connectivity index (χ1n) is 7.07. The molecule has 0 aromatic carbocycles. The van der Waals surface area contributed by atoms with E-state index in [9.17, 15) is 0 Å². The molecule has 0 aliphatic heterocycles. The number of hydrogen-bond acceptors (Lipinski definition) is 4. The van der Waals surface area contributed by atoms with Crippen molar-refractivity contribution in [3.8, 4) is 0 Å². The lowest BCUT2D eigenvalue weighted by atomic mass is 9.63. The first-order chi connectivity index (χ1) is 8.80. The first-order valence-corrected chi connectivity index (χ1v) is 7.07. The van der Waals surface area contributed by atoms with Gasteiger partial charge in [-0.15, -0.1) is 0 Å². The Kier molecular flexibility index (Phi) is 3.70. The van der Waals surface area contributed by atoms with Gasteiger partial charge in [0.25, 0.3) is 0 Å². The fraction of sp³-hybridized carbons (Fsp3) is 0.733. The van der Waals surface area contributed by atoms with Crippen molar-refractivity contribution in [2.45, 2.75) is 53.0 Å². The number of hydrogen-bond donors (Lipinski definition) is 2. The van der Waals surface area contributed by atoms with Crippen LogP contribution in [0.4, 0.5) is 11.8 Å². The zero-order valence-electron chi connectivity index (χ0n) is 12.7. The summed E-state index contributed by atoms with van der Waals surface area (Å²) in [6.45, 7) is 9.45. The third kappa shape index (κ3) is 3.82. The quantitative estimate of drug-likeness (QED) is 0.875. The Bertz CT molecular complexity index is 424. The Hall–Kier alpha value is -1.32. The smallest absolute Gasteiger partial charge is 0.224 e. The van der Waals surface area contributed by atoms with E-state index in [1.54, 1.807) is 6.20 Å². The number of aromatic nitrogens is 2. The van der Waals surface area contributed by atoms with Crippen LogP contribution in [0.15, 0.2) is 12.3 Å². The van der Waals surface area contributed by atoms with Crippen molar-refractivity contribution >= 4 is 11.8 Å². The molecule has 106 valence electrons. The van der Waals surface area contributed by atoms with Crippen LogP contribution in [-0.2, 0) is 0 Å². The summed E-state index contributed by atoms with van der Waals surface area (Å²) in [4.78, 5) is 8.59. The highest BCUT2D eigenvalue weighted by Crippen LogP contribution is 2.46. The van der Waals surface area contributed by atoms with Crippen LogP contribution in [0.3, 0.4) is 0 Å². The highest BCUT2D eigenvalue weighted by atomic mass is 15.1. The predicted molar refractivity (Wildman–Crippen MR) is 80.4 cm³/mol. The summed E-state index contributed by atoms with van der Waals surface area (Å²) in [6.07, 6.45) is 5.45. The van der Waals surface area contributed by atoms with E-state index < -0.39 is 0 Å². The summed E-state index contributed by atoms with van der Waals surface area (Å²) in [5.41, 5.74) is 0.774. The molecule has 1 saturated carbocycles. The van der Waals surface area contributed by atoms with Crippen LogP contribution >= 0.6 is 0 Å². The van der Waals surface area contributed by atoms with E-state index in [1.165, 1.54) is 19.3 Å². The summed E-state index contributed by atoms with van der Waals surface area (Å²) < 4.78 is 0. The van der Waals surface area contributed by atoms with Gasteiger partial charge in [-0.1, -0.05) is 27.7 Å². The van der Waals surface area contributed by atoms with E-state index in [0.29, 0.717) is 22.8 Å². The van der Waals surface area contributed by atoms with E-state index in [2.05, 4.69) is 48.3 Å². The van der Waals surface area contributed by atoms with Gasteiger partial charge >= 0.3 is 0 Å². The van der Waals surface area contributed by atoms with Crippen molar-refractivity contribution in [2.75, 3.05) is 17.7 Å². The second-order valence-electron chi connectivity index (χ2n) is 7.27. The fourth-order valence-electron chi connectivity index (χ4n) is 3.72. The van der Waals surface area contributed by atoms with Crippen molar-refractivity contribution in [1.82, 2.24) is 9.97 Å². The van der Waals surface area contributed by atoms with E-state index in [4.69, 9.17) is 0 Å². The number of anilines is 2. The van der Waals surface area contributed by atoms with Gasteiger partial charge in [0.05, 0.1) is 0 Å². The number of rotatable bonds is 3. The maximum absolute atomic E-state index is 4.45. The Morgan fingerprint density at radius 1 is 1.16 bits per heavy atom. The van der Waals surface area contributed by atoms with Crippen molar-refractivity contribution in [3.63, 3.8) is 0 Å². The molecule has 0 unspecified atom stereocenters. The lowest BCUT2D eigenvalue weighted by Crippen LogP contribution is -2.40. The van der Waals surface area contributed by atoms with Crippen LogP contribution in [0.25, 0.3) is 0 Å². The van der Waals surface area contributed by atoms with Crippen LogP contribution in [0.1, 0.15) is 47.0 Å². The van der Waals surface area contributed by atoms with Crippen molar-refractivity contribution in [1.29, 1.82) is 0 Å². The van der Waals surface area contributed by atoms with Gasteiger partial charge in [0.2, 0.25) is 5.95 Å². The SMILES string of the molecule is CNc1nccc(NC2CC(C)(C)CC(C)(C)C2)n1. The summed E-state index contributed by atoms with van der Waals surface area (Å²) in [6, 6.07) is 2.42. The second kappa shape index (κ2) is 4.99. The Balaban J connectivity index is 2.09. The van der Waals surface area contributed by atoms with Crippen LogP contribution < -0.4 is 10.6 Å². The summed E-state index contributed by atoms with van der Waals surface area (Å²) in [7, 11) is 1.84. The molecule has 4 heteroatoms. The normalized spacial score (nSPS) is 21.9. The van der Waals surface area contributed by atoms with Gasteiger partial charge in [-0.2, -0.15) is 4.98 Å². The first kappa shape index (κ1) is 14.1. The minimum absolute atomic E-state index is 0.387. The number of nitrogens with one attached hydrogen (secondary N) is 2. The Morgan fingerprint density at radius 2 is 1.79 bits per heavy atom. The highest BCUT2D eigenvalue weighted by Gasteiger charge is 2.38. The average Bonchev–Trinajstić information content (AvgIpc) is 2.24. The maximum Gasteiger partial charge on any atom is 0.224 e. The summed E-state index contributed by atoms with van der Waals surface area (Å²) in [5.74, 6) is 1.58. The summed E-state index contributed by atoms with van der Waals surface area (Å²) >= 11 is 0. The molecule has 1 fully saturated rings. The van der Waals surface area contributed by atoms with Crippen LogP contribution in [0, 0.1) is 10.8 Å². The van der Waals surface area contributed by atoms with Gasteiger partial charge in [-0.25, -0.2) is 4.98 Å². The molecule has 0 amide bonds. The van der Waals surface area contributed by atoms with E-state index in [1.807, 2.05) is 13.1 Å². The molecule has 4 nitrogen and oxygen atoms in total. The van der Waals surface area contributed by atoms with E-state index in [-0.39, 0.29) is 0 Å². The number of nitrogens with zero attached hydrogens (tertiary/aromatic N) is 2.